The van der Waals surface area contributed by atoms with E-state index in [0.29, 0.717) is 5.57 Å². The third kappa shape index (κ3) is 4.58. The molecule has 0 aromatic heterocycles. The Bertz CT molecular complexity index is 1020. The molecule has 0 bridgehead atoms. The highest BCUT2D eigenvalue weighted by molar-refractivity contribution is 7.86. The van der Waals surface area contributed by atoms with Gasteiger partial charge in [0.05, 0.1) is 23.0 Å². The third-order valence-electron chi connectivity index (χ3n) is 5.06. The van der Waals surface area contributed by atoms with Crippen LogP contribution >= 0.6 is 0 Å². The Labute approximate surface area is 181 Å². The molecule has 2 amide bonds. The van der Waals surface area contributed by atoms with Crippen molar-refractivity contribution in [3.8, 4) is 0 Å². The van der Waals surface area contributed by atoms with Gasteiger partial charge >= 0.3 is 11.9 Å². The quantitative estimate of drug-likeness (QED) is 0.354. The van der Waals surface area contributed by atoms with Gasteiger partial charge in [0.2, 0.25) is 5.91 Å². The predicted octanol–water partition coefficient (Wildman–Crippen LogP) is 0.493. The van der Waals surface area contributed by atoms with Gasteiger partial charge in [0.1, 0.15) is 23.7 Å². The number of carboxylic acid groups (broad SMARTS) is 1. The van der Waals surface area contributed by atoms with Crippen LogP contribution in [0.2, 0.25) is 0 Å². The number of fused-ring (bicyclic) bond motifs is 1. The number of rotatable bonds is 7. The minimum absolute atomic E-state index is 0.0388. The molecular formula is C21H22N2O7S. The molecule has 0 radical (unpaired) electrons. The van der Waals surface area contributed by atoms with Gasteiger partial charge in [0.25, 0.3) is 5.91 Å². The first-order valence-corrected chi connectivity index (χ1v) is 10.9. The zero-order valence-electron chi connectivity index (χ0n) is 17.0. The third-order valence-corrected chi connectivity index (χ3v) is 6.72. The number of ether oxygens (including phenoxy) is 1. The van der Waals surface area contributed by atoms with Crippen molar-refractivity contribution in [1.82, 2.24) is 10.2 Å². The standard InChI is InChI=1S/C21H22N2O7S/c1-3-12(2)21(28)30-10-14-11-31(29)19-16(18(25)23(19)17(14)20(26)27)22-15(24)9-13-7-5-4-6-8-13/h3-8,16,19H,9-11H2,1-2H3,(H,22,24)(H,26,27)/b12-3-/t16-,19-,31?/m1/s1. The van der Waals surface area contributed by atoms with Gasteiger partial charge in [-0.2, -0.15) is 0 Å². The number of hydrogen-bond acceptors (Lipinski definition) is 6. The average Bonchev–Trinajstić information content (AvgIpc) is 2.75. The molecule has 2 N–H and O–H groups in total. The summed E-state index contributed by atoms with van der Waals surface area (Å²) in [6, 6.07) is 7.84. The first-order valence-electron chi connectivity index (χ1n) is 9.53. The van der Waals surface area contributed by atoms with Gasteiger partial charge < -0.3 is 15.2 Å². The van der Waals surface area contributed by atoms with Crippen LogP contribution in [-0.4, -0.2) is 61.7 Å². The molecule has 2 aliphatic rings. The fourth-order valence-electron chi connectivity index (χ4n) is 3.35. The molecule has 1 aromatic carbocycles. The predicted molar refractivity (Wildman–Crippen MR) is 111 cm³/mol. The molecule has 164 valence electrons. The van der Waals surface area contributed by atoms with Crippen LogP contribution in [0.15, 0.2) is 53.3 Å². The lowest BCUT2D eigenvalue weighted by atomic mass is 10.0. The van der Waals surface area contributed by atoms with Crippen LogP contribution in [0.25, 0.3) is 0 Å². The molecule has 3 rings (SSSR count). The molecule has 3 atom stereocenters. The monoisotopic (exact) mass is 446 g/mol. The Kier molecular flexibility index (Phi) is 6.69. The van der Waals surface area contributed by atoms with E-state index in [2.05, 4.69) is 5.32 Å². The van der Waals surface area contributed by atoms with Crippen LogP contribution < -0.4 is 5.32 Å². The van der Waals surface area contributed by atoms with Crippen molar-refractivity contribution < 1.29 is 33.2 Å². The molecule has 9 nitrogen and oxygen atoms in total. The summed E-state index contributed by atoms with van der Waals surface area (Å²) in [6.07, 6.45) is 1.59. The number of amides is 2. The van der Waals surface area contributed by atoms with Gasteiger partial charge in [-0.25, -0.2) is 9.59 Å². The summed E-state index contributed by atoms with van der Waals surface area (Å²) in [5, 5.41) is 11.2. The number of nitrogens with one attached hydrogen (secondary N) is 1. The summed E-state index contributed by atoms with van der Waals surface area (Å²) in [7, 11) is -1.67. The summed E-state index contributed by atoms with van der Waals surface area (Å²) in [5.41, 5.74) is 0.824. The lowest BCUT2D eigenvalue weighted by Crippen LogP contribution is -2.73. The molecular weight excluding hydrogens is 424 g/mol. The lowest BCUT2D eigenvalue weighted by Gasteiger charge is -2.49. The summed E-state index contributed by atoms with van der Waals surface area (Å²) >= 11 is 0. The van der Waals surface area contributed by atoms with Gasteiger partial charge in [-0.15, -0.1) is 0 Å². The van der Waals surface area contributed by atoms with E-state index in [0.717, 1.165) is 10.5 Å². The van der Waals surface area contributed by atoms with E-state index >= 15 is 0 Å². The fourth-order valence-corrected chi connectivity index (χ4v) is 5.02. The van der Waals surface area contributed by atoms with Crippen molar-refractivity contribution in [1.29, 1.82) is 0 Å². The second kappa shape index (κ2) is 9.25. The SMILES string of the molecule is C/C=C(/C)C(=O)OCC1=C(C(=O)O)N2C(=O)[C@@H](NC(=O)Cc3ccccc3)[C@H]2S(=O)C1. The molecule has 0 aliphatic carbocycles. The van der Waals surface area contributed by atoms with Gasteiger partial charge in [-0.3, -0.25) is 18.7 Å². The van der Waals surface area contributed by atoms with E-state index in [1.54, 1.807) is 44.2 Å². The number of allylic oxidation sites excluding steroid dienone is 1. The second-order valence-corrected chi connectivity index (χ2v) is 8.67. The van der Waals surface area contributed by atoms with Gasteiger partial charge in [0, 0.05) is 11.1 Å². The number of β-lactam (4-membered cyclic amide) rings is 1. The highest BCUT2D eigenvalue weighted by Crippen LogP contribution is 2.35. The van der Waals surface area contributed by atoms with Crippen LogP contribution in [0.1, 0.15) is 19.4 Å². The van der Waals surface area contributed by atoms with E-state index < -0.39 is 46.0 Å². The summed E-state index contributed by atoms with van der Waals surface area (Å²) in [5.74, 6) is -3.29. The van der Waals surface area contributed by atoms with Crippen LogP contribution in [0, 0.1) is 0 Å². The number of carboxylic acids is 1. The zero-order valence-corrected chi connectivity index (χ0v) is 17.8. The fraction of sp³-hybridized carbons (Fsp3) is 0.333. The number of benzene rings is 1. The largest absolute Gasteiger partial charge is 0.477 e. The van der Waals surface area contributed by atoms with Crippen LogP contribution in [0.3, 0.4) is 0 Å². The molecule has 2 heterocycles. The maximum absolute atomic E-state index is 12.8. The average molecular weight is 446 g/mol. The molecule has 1 saturated heterocycles. The Morgan fingerprint density at radius 2 is 1.97 bits per heavy atom. The number of carbonyl (C=O) groups excluding carboxylic acids is 3. The number of aliphatic carboxylic acids is 1. The smallest absolute Gasteiger partial charge is 0.352 e. The van der Waals surface area contributed by atoms with Crippen molar-refractivity contribution in [2.45, 2.75) is 31.7 Å². The van der Waals surface area contributed by atoms with Gasteiger partial charge in [-0.05, 0) is 19.4 Å². The molecule has 31 heavy (non-hydrogen) atoms. The van der Waals surface area contributed by atoms with Crippen molar-refractivity contribution in [2.24, 2.45) is 0 Å². The van der Waals surface area contributed by atoms with Crippen molar-refractivity contribution >= 4 is 34.6 Å². The number of nitrogens with zero attached hydrogens (tertiary/aromatic N) is 1. The summed E-state index contributed by atoms with van der Waals surface area (Å²) < 4.78 is 17.8. The summed E-state index contributed by atoms with van der Waals surface area (Å²) in [6.45, 7) is 2.81. The Balaban J connectivity index is 1.74. The van der Waals surface area contributed by atoms with E-state index in [1.165, 1.54) is 0 Å². The summed E-state index contributed by atoms with van der Waals surface area (Å²) in [4.78, 5) is 49.6. The van der Waals surface area contributed by atoms with E-state index in [9.17, 15) is 28.5 Å². The molecule has 0 saturated carbocycles. The van der Waals surface area contributed by atoms with Crippen LogP contribution in [0.5, 0.6) is 0 Å². The Morgan fingerprint density at radius 1 is 1.29 bits per heavy atom. The van der Waals surface area contributed by atoms with Crippen LogP contribution in [-0.2, 0) is 41.1 Å². The van der Waals surface area contributed by atoms with Crippen LogP contribution in [0.4, 0.5) is 0 Å². The van der Waals surface area contributed by atoms with Gasteiger partial charge in [0.15, 0.2) is 0 Å². The highest BCUT2D eigenvalue weighted by Gasteiger charge is 2.57. The molecule has 10 heteroatoms. The topological polar surface area (TPSA) is 130 Å². The maximum atomic E-state index is 12.8. The van der Waals surface area contributed by atoms with Crippen molar-refractivity contribution in [3.63, 3.8) is 0 Å². The molecule has 1 fully saturated rings. The first-order chi connectivity index (χ1) is 14.7. The zero-order chi connectivity index (χ0) is 22.7. The molecule has 1 aromatic rings. The number of esters is 1. The van der Waals surface area contributed by atoms with Crippen molar-refractivity contribution in [2.75, 3.05) is 12.4 Å². The maximum Gasteiger partial charge on any atom is 0.352 e. The molecule has 2 aliphatic heterocycles. The molecule has 1 unspecified atom stereocenters. The van der Waals surface area contributed by atoms with E-state index in [4.69, 9.17) is 4.74 Å². The number of carbonyl (C=O) groups is 4. The lowest BCUT2D eigenvalue weighted by molar-refractivity contribution is -0.151. The normalized spacial score (nSPS) is 23.0. The minimum atomic E-state index is -1.67. The highest BCUT2D eigenvalue weighted by atomic mass is 32.2. The second-order valence-electron chi connectivity index (χ2n) is 7.14. The van der Waals surface area contributed by atoms with E-state index in [-0.39, 0.29) is 30.1 Å². The van der Waals surface area contributed by atoms with Crippen molar-refractivity contribution in [3.05, 3.63) is 58.8 Å². The minimum Gasteiger partial charge on any atom is -0.477 e. The molecule has 0 spiro atoms. The van der Waals surface area contributed by atoms with Gasteiger partial charge in [-0.1, -0.05) is 36.4 Å². The Morgan fingerprint density at radius 3 is 2.58 bits per heavy atom. The Hall–Kier alpha value is -3.27. The van der Waals surface area contributed by atoms with E-state index in [1.807, 2.05) is 6.07 Å². The first kappa shape index (κ1) is 22.4. The number of hydrogen-bond donors (Lipinski definition) is 2.